The summed E-state index contributed by atoms with van der Waals surface area (Å²) in [4.78, 5) is 19.5. The van der Waals surface area contributed by atoms with Gasteiger partial charge in [-0.1, -0.05) is 15.9 Å². The van der Waals surface area contributed by atoms with Gasteiger partial charge in [0, 0.05) is 4.47 Å². The lowest BCUT2D eigenvalue weighted by atomic mass is 10.3. The standard InChI is InChI=1S/C17H13BrN2O4/c1-10(17(21)22)23-12-3-5-13(6-4-12)24-16-9-19-14-7-2-11(18)8-15(14)20-16/h2-10H,1H3,(H,21,22)/t10-/m1/s1. The van der Waals surface area contributed by atoms with E-state index in [1.165, 1.54) is 6.92 Å². The van der Waals surface area contributed by atoms with Crippen LogP contribution in [0.1, 0.15) is 6.92 Å². The maximum atomic E-state index is 10.8. The smallest absolute Gasteiger partial charge is 0.344 e. The van der Waals surface area contributed by atoms with Gasteiger partial charge < -0.3 is 14.6 Å². The molecule has 0 spiro atoms. The van der Waals surface area contributed by atoms with Crippen molar-refractivity contribution in [3.05, 3.63) is 53.1 Å². The van der Waals surface area contributed by atoms with E-state index in [0.717, 1.165) is 15.5 Å². The number of hydrogen-bond donors (Lipinski definition) is 1. The number of rotatable bonds is 5. The second kappa shape index (κ2) is 6.84. The van der Waals surface area contributed by atoms with Gasteiger partial charge in [-0.3, -0.25) is 0 Å². The van der Waals surface area contributed by atoms with Crippen LogP contribution in [0.3, 0.4) is 0 Å². The van der Waals surface area contributed by atoms with Gasteiger partial charge >= 0.3 is 5.97 Å². The zero-order chi connectivity index (χ0) is 17.1. The van der Waals surface area contributed by atoms with Gasteiger partial charge in [0.25, 0.3) is 0 Å². The Morgan fingerprint density at radius 3 is 2.54 bits per heavy atom. The van der Waals surface area contributed by atoms with Crippen LogP contribution in [-0.2, 0) is 4.79 Å². The van der Waals surface area contributed by atoms with Crippen molar-refractivity contribution < 1.29 is 19.4 Å². The minimum atomic E-state index is -1.02. The number of carboxylic acid groups (broad SMARTS) is 1. The fourth-order valence-corrected chi connectivity index (χ4v) is 2.33. The number of carbonyl (C=O) groups is 1. The molecule has 1 aromatic heterocycles. The Balaban J connectivity index is 1.75. The van der Waals surface area contributed by atoms with E-state index in [2.05, 4.69) is 25.9 Å². The molecule has 0 aliphatic rings. The lowest BCUT2D eigenvalue weighted by Gasteiger charge is -2.11. The Morgan fingerprint density at radius 1 is 1.12 bits per heavy atom. The van der Waals surface area contributed by atoms with Crippen LogP contribution in [0, 0.1) is 0 Å². The molecular weight excluding hydrogens is 376 g/mol. The molecule has 0 amide bonds. The average Bonchev–Trinajstić information content (AvgIpc) is 2.56. The second-order valence-corrected chi connectivity index (χ2v) is 5.93. The quantitative estimate of drug-likeness (QED) is 0.710. The third-order valence-electron chi connectivity index (χ3n) is 3.19. The van der Waals surface area contributed by atoms with Crippen molar-refractivity contribution in [2.45, 2.75) is 13.0 Å². The Labute approximate surface area is 146 Å². The number of hydrogen-bond acceptors (Lipinski definition) is 5. The van der Waals surface area contributed by atoms with Gasteiger partial charge in [-0.2, -0.15) is 0 Å². The van der Waals surface area contributed by atoms with Crippen molar-refractivity contribution in [1.29, 1.82) is 0 Å². The van der Waals surface area contributed by atoms with E-state index in [-0.39, 0.29) is 0 Å². The molecule has 6 nitrogen and oxygen atoms in total. The first kappa shape index (κ1) is 16.2. The molecule has 0 bridgehead atoms. The van der Waals surface area contributed by atoms with Crippen LogP contribution in [0.25, 0.3) is 11.0 Å². The molecule has 0 saturated carbocycles. The molecule has 0 aliphatic heterocycles. The molecule has 1 N–H and O–H groups in total. The van der Waals surface area contributed by atoms with Crippen molar-refractivity contribution in [3.8, 4) is 17.4 Å². The van der Waals surface area contributed by atoms with E-state index in [1.54, 1.807) is 30.5 Å². The summed E-state index contributed by atoms with van der Waals surface area (Å²) >= 11 is 3.40. The Hall–Kier alpha value is -2.67. The van der Waals surface area contributed by atoms with Gasteiger partial charge in [0.1, 0.15) is 11.5 Å². The van der Waals surface area contributed by atoms with Crippen molar-refractivity contribution in [1.82, 2.24) is 9.97 Å². The molecule has 7 heteroatoms. The minimum Gasteiger partial charge on any atom is -0.479 e. The van der Waals surface area contributed by atoms with E-state index >= 15 is 0 Å². The normalized spacial score (nSPS) is 11.9. The minimum absolute atomic E-state index is 0.369. The fourth-order valence-electron chi connectivity index (χ4n) is 1.98. The number of halogens is 1. The summed E-state index contributed by atoms with van der Waals surface area (Å²) in [6, 6.07) is 12.3. The van der Waals surface area contributed by atoms with Crippen molar-refractivity contribution in [2.24, 2.45) is 0 Å². The van der Waals surface area contributed by atoms with E-state index in [4.69, 9.17) is 14.6 Å². The largest absolute Gasteiger partial charge is 0.479 e. The van der Waals surface area contributed by atoms with E-state index < -0.39 is 12.1 Å². The molecule has 122 valence electrons. The maximum absolute atomic E-state index is 10.8. The van der Waals surface area contributed by atoms with Gasteiger partial charge in [-0.25, -0.2) is 14.8 Å². The van der Waals surface area contributed by atoms with Crippen molar-refractivity contribution in [2.75, 3.05) is 0 Å². The second-order valence-electron chi connectivity index (χ2n) is 5.01. The molecular formula is C17H13BrN2O4. The van der Waals surface area contributed by atoms with Crippen LogP contribution in [-0.4, -0.2) is 27.1 Å². The third-order valence-corrected chi connectivity index (χ3v) is 3.68. The Kier molecular flexibility index (Phi) is 4.61. The van der Waals surface area contributed by atoms with Crippen LogP contribution in [0.5, 0.6) is 17.4 Å². The number of aromatic nitrogens is 2. The molecule has 2 aromatic carbocycles. The van der Waals surface area contributed by atoms with Gasteiger partial charge in [-0.15, -0.1) is 0 Å². The van der Waals surface area contributed by atoms with E-state index in [0.29, 0.717) is 17.4 Å². The SMILES string of the molecule is C[C@@H](Oc1ccc(Oc2cnc3ccc(Br)cc3n2)cc1)C(=O)O. The average molecular weight is 389 g/mol. The number of aliphatic carboxylic acids is 1. The first-order chi connectivity index (χ1) is 11.5. The zero-order valence-corrected chi connectivity index (χ0v) is 14.2. The summed E-state index contributed by atoms with van der Waals surface area (Å²) in [6.45, 7) is 1.47. The molecule has 1 atom stereocenters. The molecule has 24 heavy (non-hydrogen) atoms. The molecule has 0 radical (unpaired) electrons. The first-order valence-electron chi connectivity index (χ1n) is 7.11. The summed E-state index contributed by atoms with van der Waals surface area (Å²) < 4.78 is 11.8. The maximum Gasteiger partial charge on any atom is 0.344 e. The van der Waals surface area contributed by atoms with Crippen LogP contribution in [0.2, 0.25) is 0 Å². The molecule has 0 aliphatic carbocycles. The topological polar surface area (TPSA) is 81.5 Å². The highest BCUT2D eigenvalue weighted by molar-refractivity contribution is 9.10. The van der Waals surface area contributed by atoms with Crippen LogP contribution in [0.4, 0.5) is 0 Å². The Bertz CT molecular complexity index is 883. The third kappa shape index (κ3) is 3.80. The van der Waals surface area contributed by atoms with Crippen LogP contribution >= 0.6 is 15.9 Å². The molecule has 3 aromatic rings. The first-order valence-corrected chi connectivity index (χ1v) is 7.90. The number of carboxylic acids is 1. The highest BCUT2D eigenvalue weighted by Crippen LogP contribution is 2.25. The summed E-state index contributed by atoms with van der Waals surface area (Å²) in [5.41, 5.74) is 1.49. The summed E-state index contributed by atoms with van der Waals surface area (Å²) in [7, 11) is 0. The molecule has 3 rings (SSSR count). The van der Waals surface area contributed by atoms with Crippen LogP contribution in [0.15, 0.2) is 53.1 Å². The summed E-state index contributed by atoms with van der Waals surface area (Å²) in [6.07, 6.45) is 0.634. The lowest BCUT2D eigenvalue weighted by Crippen LogP contribution is -2.22. The van der Waals surface area contributed by atoms with Crippen LogP contribution < -0.4 is 9.47 Å². The van der Waals surface area contributed by atoms with Crippen molar-refractivity contribution >= 4 is 32.9 Å². The number of fused-ring (bicyclic) bond motifs is 1. The predicted molar refractivity (Wildman–Crippen MR) is 91.5 cm³/mol. The van der Waals surface area contributed by atoms with Gasteiger partial charge in [0.15, 0.2) is 6.10 Å². The number of ether oxygens (including phenoxy) is 2. The van der Waals surface area contributed by atoms with E-state index in [1.807, 2.05) is 18.2 Å². The van der Waals surface area contributed by atoms with Crippen molar-refractivity contribution in [3.63, 3.8) is 0 Å². The number of nitrogens with zero attached hydrogens (tertiary/aromatic N) is 2. The monoisotopic (exact) mass is 388 g/mol. The summed E-state index contributed by atoms with van der Waals surface area (Å²) in [5.74, 6) is 0.348. The van der Waals surface area contributed by atoms with Gasteiger partial charge in [0.05, 0.1) is 17.2 Å². The molecule has 0 saturated heterocycles. The summed E-state index contributed by atoms with van der Waals surface area (Å²) in [5, 5.41) is 8.83. The fraction of sp³-hybridized carbons (Fsp3) is 0.118. The molecule has 0 unspecified atom stereocenters. The predicted octanol–water partition coefficient (Wildman–Crippen LogP) is 4.04. The van der Waals surface area contributed by atoms with E-state index in [9.17, 15) is 4.79 Å². The highest BCUT2D eigenvalue weighted by Gasteiger charge is 2.12. The van der Waals surface area contributed by atoms with Gasteiger partial charge in [-0.05, 0) is 49.4 Å². The molecule has 1 heterocycles. The lowest BCUT2D eigenvalue weighted by molar-refractivity contribution is -0.144. The van der Waals surface area contributed by atoms with Gasteiger partial charge in [0.2, 0.25) is 5.88 Å². The highest BCUT2D eigenvalue weighted by atomic mass is 79.9. The Morgan fingerprint density at radius 2 is 1.83 bits per heavy atom. The zero-order valence-electron chi connectivity index (χ0n) is 12.6. The molecule has 0 fully saturated rings. The number of benzene rings is 2.